The second kappa shape index (κ2) is 6.64. The summed E-state index contributed by atoms with van der Waals surface area (Å²) < 4.78 is 4.83. The first-order valence-corrected chi connectivity index (χ1v) is 5.17. The minimum Gasteiger partial charge on any atom is -0.383 e. The SMILES string of the molecule is COCCNC(=O)CN(C)c1cnc(N)cn1. The van der Waals surface area contributed by atoms with E-state index in [0.29, 0.717) is 24.8 Å². The van der Waals surface area contributed by atoms with Crippen molar-refractivity contribution in [3.63, 3.8) is 0 Å². The number of nitrogens with zero attached hydrogens (tertiary/aromatic N) is 3. The first kappa shape index (κ1) is 13.2. The van der Waals surface area contributed by atoms with Crippen LogP contribution in [0.2, 0.25) is 0 Å². The van der Waals surface area contributed by atoms with Crippen molar-refractivity contribution in [1.29, 1.82) is 0 Å². The zero-order valence-electron chi connectivity index (χ0n) is 10.0. The van der Waals surface area contributed by atoms with E-state index >= 15 is 0 Å². The van der Waals surface area contributed by atoms with Gasteiger partial charge in [0.25, 0.3) is 0 Å². The molecule has 7 heteroatoms. The van der Waals surface area contributed by atoms with Crippen LogP contribution in [0.1, 0.15) is 0 Å². The van der Waals surface area contributed by atoms with Crippen LogP contribution >= 0.6 is 0 Å². The molecule has 0 aliphatic carbocycles. The number of carbonyl (C=O) groups is 1. The molecule has 0 radical (unpaired) electrons. The van der Waals surface area contributed by atoms with Crippen molar-refractivity contribution >= 4 is 17.5 Å². The van der Waals surface area contributed by atoms with E-state index in [0.717, 1.165) is 0 Å². The van der Waals surface area contributed by atoms with Crippen molar-refractivity contribution in [3.8, 4) is 0 Å². The van der Waals surface area contributed by atoms with Gasteiger partial charge in [0, 0.05) is 20.7 Å². The van der Waals surface area contributed by atoms with Gasteiger partial charge in [0.1, 0.15) is 11.6 Å². The second-order valence-electron chi connectivity index (χ2n) is 3.50. The highest BCUT2D eigenvalue weighted by Crippen LogP contribution is 2.06. The maximum Gasteiger partial charge on any atom is 0.239 e. The van der Waals surface area contributed by atoms with E-state index in [1.54, 1.807) is 19.1 Å². The Kier molecular flexibility index (Phi) is 5.15. The highest BCUT2D eigenvalue weighted by Gasteiger charge is 2.08. The van der Waals surface area contributed by atoms with Crippen molar-refractivity contribution in [3.05, 3.63) is 12.4 Å². The van der Waals surface area contributed by atoms with Crippen LogP contribution in [0.4, 0.5) is 11.6 Å². The third-order valence-electron chi connectivity index (χ3n) is 2.06. The molecule has 0 aliphatic heterocycles. The van der Waals surface area contributed by atoms with E-state index in [9.17, 15) is 4.79 Å². The van der Waals surface area contributed by atoms with Gasteiger partial charge < -0.3 is 20.7 Å². The van der Waals surface area contributed by atoms with Crippen LogP contribution in [-0.2, 0) is 9.53 Å². The largest absolute Gasteiger partial charge is 0.383 e. The lowest BCUT2D eigenvalue weighted by atomic mass is 10.4. The van der Waals surface area contributed by atoms with Gasteiger partial charge in [-0.1, -0.05) is 0 Å². The number of methoxy groups -OCH3 is 1. The summed E-state index contributed by atoms with van der Waals surface area (Å²) in [5, 5.41) is 2.72. The molecule has 94 valence electrons. The van der Waals surface area contributed by atoms with E-state index < -0.39 is 0 Å². The van der Waals surface area contributed by atoms with Crippen molar-refractivity contribution in [2.45, 2.75) is 0 Å². The van der Waals surface area contributed by atoms with Crippen LogP contribution < -0.4 is 16.0 Å². The molecular weight excluding hydrogens is 222 g/mol. The number of hydrogen-bond donors (Lipinski definition) is 2. The summed E-state index contributed by atoms with van der Waals surface area (Å²) in [6, 6.07) is 0. The molecule has 1 rings (SSSR count). The molecule has 0 aromatic carbocycles. The minimum absolute atomic E-state index is 0.0943. The fraction of sp³-hybridized carbons (Fsp3) is 0.500. The minimum atomic E-state index is -0.0943. The molecule has 1 amide bonds. The first-order valence-electron chi connectivity index (χ1n) is 5.17. The summed E-state index contributed by atoms with van der Waals surface area (Å²) in [7, 11) is 3.35. The third kappa shape index (κ3) is 4.64. The Balaban J connectivity index is 2.40. The third-order valence-corrected chi connectivity index (χ3v) is 2.06. The molecule has 0 saturated heterocycles. The quantitative estimate of drug-likeness (QED) is 0.635. The molecule has 1 heterocycles. The zero-order valence-corrected chi connectivity index (χ0v) is 10.0. The maximum absolute atomic E-state index is 11.5. The number of amides is 1. The summed E-state index contributed by atoms with van der Waals surface area (Å²) in [5.74, 6) is 0.857. The molecule has 0 bridgehead atoms. The highest BCUT2D eigenvalue weighted by atomic mass is 16.5. The molecule has 3 N–H and O–H groups in total. The lowest BCUT2D eigenvalue weighted by Crippen LogP contribution is -2.37. The van der Waals surface area contributed by atoms with E-state index in [4.69, 9.17) is 10.5 Å². The van der Waals surface area contributed by atoms with Crippen LogP contribution in [-0.4, -0.2) is 49.7 Å². The Morgan fingerprint density at radius 3 is 2.88 bits per heavy atom. The summed E-state index contributed by atoms with van der Waals surface area (Å²) in [5.41, 5.74) is 5.42. The van der Waals surface area contributed by atoms with Gasteiger partial charge >= 0.3 is 0 Å². The normalized spacial score (nSPS) is 10.0. The van der Waals surface area contributed by atoms with Gasteiger partial charge in [0.2, 0.25) is 5.91 Å². The van der Waals surface area contributed by atoms with Crippen LogP contribution in [0.3, 0.4) is 0 Å². The van der Waals surface area contributed by atoms with Gasteiger partial charge in [-0.25, -0.2) is 9.97 Å². The van der Waals surface area contributed by atoms with Gasteiger partial charge in [0.15, 0.2) is 0 Å². The molecule has 0 aliphatic rings. The molecule has 0 spiro atoms. The molecule has 1 aromatic heterocycles. The maximum atomic E-state index is 11.5. The van der Waals surface area contributed by atoms with Crippen molar-refractivity contribution < 1.29 is 9.53 Å². The molecule has 17 heavy (non-hydrogen) atoms. The van der Waals surface area contributed by atoms with Crippen molar-refractivity contribution in [2.75, 3.05) is 44.5 Å². The van der Waals surface area contributed by atoms with Crippen LogP contribution in [0.5, 0.6) is 0 Å². The molecule has 0 atom stereocenters. The monoisotopic (exact) mass is 239 g/mol. The smallest absolute Gasteiger partial charge is 0.239 e. The summed E-state index contributed by atoms with van der Waals surface area (Å²) in [4.78, 5) is 21.1. The molecule has 7 nitrogen and oxygen atoms in total. The second-order valence-corrected chi connectivity index (χ2v) is 3.50. The first-order chi connectivity index (χ1) is 8.13. The zero-order chi connectivity index (χ0) is 12.7. The Bertz CT molecular complexity index is 354. The Morgan fingerprint density at radius 1 is 1.53 bits per heavy atom. The topological polar surface area (TPSA) is 93.4 Å². The number of nitrogens with one attached hydrogen (secondary N) is 1. The van der Waals surface area contributed by atoms with Gasteiger partial charge in [0.05, 0.1) is 25.5 Å². The Labute approximate surface area is 100.0 Å². The number of hydrogen-bond acceptors (Lipinski definition) is 6. The van der Waals surface area contributed by atoms with Gasteiger partial charge in [-0.2, -0.15) is 0 Å². The number of carbonyl (C=O) groups excluding carboxylic acids is 1. The lowest BCUT2D eigenvalue weighted by Gasteiger charge is -2.17. The van der Waals surface area contributed by atoms with Gasteiger partial charge in [-0.3, -0.25) is 4.79 Å². The lowest BCUT2D eigenvalue weighted by molar-refractivity contribution is -0.119. The van der Waals surface area contributed by atoms with Gasteiger partial charge in [-0.05, 0) is 0 Å². The molecule has 0 saturated carbocycles. The van der Waals surface area contributed by atoms with Gasteiger partial charge in [-0.15, -0.1) is 0 Å². The van der Waals surface area contributed by atoms with Crippen molar-refractivity contribution in [1.82, 2.24) is 15.3 Å². The molecule has 0 fully saturated rings. The molecular formula is C10H17N5O2. The number of aromatic nitrogens is 2. The number of likely N-dealkylation sites (N-methyl/N-ethyl adjacent to an activating group) is 1. The van der Waals surface area contributed by atoms with E-state index in [1.165, 1.54) is 12.4 Å². The number of nitrogen functional groups attached to an aromatic ring is 1. The Hall–Kier alpha value is -1.89. The predicted molar refractivity (Wildman–Crippen MR) is 64.6 cm³/mol. The van der Waals surface area contributed by atoms with Crippen molar-refractivity contribution in [2.24, 2.45) is 0 Å². The standard InChI is InChI=1S/C10H17N5O2/c1-15(7-10(16)12-3-4-17-2)9-6-13-8(11)5-14-9/h5-6H,3-4,7H2,1-2H3,(H2,11,13)(H,12,16). The van der Waals surface area contributed by atoms with E-state index in [2.05, 4.69) is 15.3 Å². The highest BCUT2D eigenvalue weighted by molar-refractivity contribution is 5.80. The van der Waals surface area contributed by atoms with Crippen LogP contribution in [0.15, 0.2) is 12.4 Å². The number of anilines is 2. The fourth-order valence-corrected chi connectivity index (χ4v) is 1.17. The number of nitrogens with two attached hydrogens (primary N) is 1. The van der Waals surface area contributed by atoms with E-state index in [-0.39, 0.29) is 12.5 Å². The van der Waals surface area contributed by atoms with E-state index in [1.807, 2.05) is 0 Å². The summed E-state index contributed by atoms with van der Waals surface area (Å²) in [6.07, 6.45) is 2.98. The average molecular weight is 239 g/mol. The molecule has 0 unspecified atom stereocenters. The predicted octanol–water partition coefficient (Wildman–Crippen LogP) is -0.742. The Morgan fingerprint density at radius 2 is 2.29 bits per heavy atom. The number of rotatable bonds is 6. The van der Waals surface area contributed by atoms with Crippen LogP contribution in [0, 0.1) is 0 Å². The average Bonchev–Trinajstić information content (AvgIpc) is 2.30. The number of ether oxygens (including phenoxy) is 1. The summed E-state index contributed by atoms with van der Waals surface area (Å²) >= 11 is 0. The fourth-order valence-electron chi connectivity index (χ4n) is 1.17. The molecule has 1 aromatic rings. The summed E-state index contributed by atoms with van der Waals surface area (Å²) in [6.45, 7) is 1.20. The van der Waals surface area contributed by atoms with Crippen LogP contribution in [0.25, 0.3) is 0 Å².